The number of aryl methyl sites for hydroxylation is 1. The van der Waals surface area contributed by atoms with Gasteiger partial charge in [0.1, 0.15) is 0 Å². The summed E-state index contributed by atoms with van der Waals surface area (Å²) < 4.78 is 0. The van der Waals surface area contributed by atoms with Gasteiger partial charge in [-0.3, -0.25) is 14.5 Å². The van der Waals surface area contributed by atoms with Gasteiger partial charge in [0.15, 0.2) is 5.13 Å². The molecule has 2 aromatic rings. The third-order valence-corrected chi connectivity index (χ3v) is 7.19. The van der Waals surface area contributed by atoms with Gasteiger partial charge in [-0.05, 0) is 69.8 Å². The summed E-state index contributed by atoms with van der Waals surface area (Å²) in [6, 6.07) is 6.28. The van der Waals surface area contributed by atoms with E-state index in [2.05, 4.69) is 28.4 Å². The lowest BCUT2D eigenvalue weighted by atomic mass is 10.1. The molecule has 1 aromatic carbocycles. The van der Waals surface area contributed by atoms with Crippen molar-refractivity contribution in [1.29, 1.82) is 0 Å². The summed E-state index contributed by atoms with van der Waals surface area (Å²) >= 11 is 1.52. The van der Waals surface area contributed by atoms with Crippen LogP contribution in [0.2, 0.25) is 0 Å². The van der Waals surface area contributed by atoms with E-state index in [1.807, 2.05) is 11.8 Å². The first-order valence-corrected chi connectivity index (χ1v) is 11.8. The molecule has 3 heterocycles. The number of nitrogens with one attached hydrogen (secondary N) is 1. The number of likely N-dealkylation sites (tertiary alicyclic amines) is 1. The van der Waals surface area contributed by atoms with E-state index in [1.54, 1.807) is 0 Å². The number of amides is 2. The van der Waals surface area contributed by atoms with Crippen molar-refractivity contribution in [2.75, 3.05) is 36.4 Å². The Balaban J connectivity index is 1.29. The zero-order valence-electron chi connectivity index (χ0n) is 17.4. The van der Waals surface area contributed by atoms with E-state index in [1.165, 1.54) is 36.2 Å². The maximum atomic E-state index is 12.5. The van der Waals surface area contributed by atoms with E-state index in [0.717, 1.165) is 60.7 Å². The second-order valence-corrected chi connectivity index (χ2v) is 9.87. The highest BCUT2D eigenvalue weighted by molar-refractivity contribution is 7.16. The van der Waals surface area contributed by atoms with E-state index in [0.29, 0.717) is 11.7 Å². The molecule has 2 fully saturated rings. The van der Waals surface area contributed by atoms with Gasteiger partial charge in [-0.2, -0.15) is 0 Å². The molecule has 0 radical (unpaired) electrons. The second kappa shape index (κ2) is 8.12. The lowest BCUT2D eigenvalue weighted by Gasteiger charge is -2.25. The summed E-state index contributed by atoms with van der Waals surface area (Å²) in [4.78, 5) is 34.9. The highest BCUT2D eigenvalue weighted by Gasteiger charge is 2.36. The number of anilines is 2. The molecule has 0 unspecified atom stereocenters. The molecule has 2 amide bonds. The molecule has 158 valence electrons. The molecule has 1 saturated carbocycles. The van der Waals surface area contributed by atoms with E-state index < -0.39 is 0 Å². The summed E-state index contributed by atoms with van der Waals surface area (Å²) in [6.45, 7) is 5.28. The van der Waals surface area contributed by atoms with Gasteiger partial charge in [-0.25, -0.2) is 4.98 Å². The number of hydrogen-bond donors (Lipinski definition) is 1. The number of benzene rings is 1. The van der Waals surface area contributed by atoms with Crippen LogP contribution in [0.5, 0.6) is 0 Å². The zero-order chi connectivity index (χ0) is 20.7. The highest BCUT2D eigenvalue weighted by Crippen LogP contribution is 2.39. The third kappa shape index (κ3) is 4.01. The smallest absolute Gasteiger partial charge is 0.240 e. The molecule has 7 heteroatoms. The number of carbonyl (C=O) groups excluding carboxylic acids is 2. The summed E-state index contributed by atoms with van der Waals surface area (Å²) in [7, 11) is 0. The quantitative estimate of drug-likeness (QED) is 0.792. The molecule has 30 heavy (non-hydrogen) atoms. The molecule has 1 saturated heterocycles. The number of hydrogen-bond acceptors (Lipinski definition) is 5. The molecule has 1 N–H and O–H groups in total. The van der Waals surface area contributed by atoms with Crippen LogP contribution in [0.4, 0.5) is 10.8 Å². The number of carbonyl (C=O) groups is 2. The topological polar surface area (TPSA) is 65.5 Å². The predicted molar refractivity (Wildman–Crippen MR) is 120 cm³/mol. The Kier molecular flexibility index (Phi) is 5.33. The van der Waals surface area contributed by atoms with Crippen molar-refractivity contribution >= 4 is 34.0 Å². The van der Waals surface area contributed by atoms with Gasteiger partial charge in [-0.15, -0.1) is 11.3 Å². The van der Waals surface area contributed by atoms with E-state index in [4.69, 9.17) is 4.98 Å². The molecule has 3 aliphatic rings. The van der Waals surface area contributed by atoms with Crippen LogP contribution in [0.25, 0.3) is 11.3 Å². The van der Waals surface area contributed by atoms with Gasteiger partial charge in [-0.1, -0.05) is 12.5 Å². The predicted octanol–water partition coefficient (Wildman–Crippen LogP) is 3.84. The van der Waals surface area contributed by atoms with Gasteiger partial charge in [0.2, 0.25) is 11.8 Å². The van der Waals surface area contributed by atoms with Crippen molar-refractivity contribution in [1.82, 2.24) is 9.88 Å². The Morgan fingerprint density at radius 3 is 2.73 bits per heavy atom. The molecule has 1 aliphatic carbocycles. The minimum absolute atomic E-state index is 0.0142. The first kappa shape index (κ1) is 19.7. The fourth-order valence-corrected chi connectivity index (χ4v) is 5.38. The monoisotopic (exact) mass is 424 g/mol. The van der Waals surface area contributed by atoms with Gasteiger partial charge in [0.25, 0.3) is 0 Å². The Labute approximate surface area is 181 Å². The van der Waals surface area contributed by atoms with Gasteiger partial charge < -0.3 is 10.2 Å². The fraction of sp³-hybridized carbons (Fsp3) is 0.522. The summed E-state index contributed by atoms with van der Waals surface area (Å²) in [6.07, 6.45) is 6.58. The Morgan fingerprint density at radius 2 is 1.97 bits per heavy atom. The lowest BCUT2D eigenvalue weighted by Crippen LogP contribution is -2.36. The number of nitrogens with zero attached hydrogens (tertiary/aromatic N) is 3. The molecule has 0 bridgehead atoms. The average Bonchev–Trinajstić information content (AvgIpc) is 3.41. The maximum Gasteiger partial charge on any atom is 0.240 e. The zero-order valence-corrected chi connectivity index (χ0v) is 18.3. The van der Waals surface area contributed by atoms with Crippen molar-refractivity contribution in [3.63, 3.8) is 0 Å². The molecule has 0 spiro atoms. The first-order chi connectivity index (χ1) is 14.6. The van der Waals surface area contributed by atoms with Crippen LogP contribution in [0.3, 0.4) is 0 Å². The minimum atomic E-state index is 0.0142. The van der Waals surface area contributed by atoms with Crippen molar-refractivity contribution in [2.24, 2.45) is 5.92 Å². The number of rotatable bonds is 5. The van der Waals surface area contributed by atoms with Crippen molar-refractivity contribution in [3.05, 3.63) is 28.6 Å². The lowest BCUT2D eigenvalue weighted by molar-refractivity contribution is -0.119. The van der Waals surface area contributed by atoms with E-state index in [9.17, 15) is 9.59 Å². The number of aromatic nitrogens is 1. The highest BCUT2D eigenvalue weighted by atomic mass is 32.1. The van der Waals surface area contributed by atoms with Gasteiger partial charge in [0, 0.05) is 28.6 Å². The Hall–Kier alpha value is -2.25. The largest absolute Gasteiger partial charge is 0.312 e. The molecular weight excluding hydrogens is 396 g/mol. The van der Waals surface area contributed by atoms with Crippen LogP contribution in [0, 0.1) is 12.8 Å². The second-order valence-electron chi connectivity index (χ2n) is 8.67. The molecule has 6 nitrogen and oxygen atoms in total. The van der Waals surface area contributed by atoms with Gasteiger partial charge >= 0.3 is 0 Å². The number of fused-ring (bicyclic) bond motifs is 1. The summed E-state index contributed by atoms with van der Waals surface area (Å²) in [5, 5.41) is 3.65. The normalized spacial score (nSPS) is 19.0. The van der Waals surface area contributed by atoms with Gasteiger partial charge in [0.05, 0.1) is 12.2 Å². The third-order valence-electron chi connectivity index (χ3n) is 6.30. The maximum absolute atomic E-state index is 12.5. The van der Waals surface area contributed by atoms with Crippen molar-refractivity contribution in [3.8, 4) is 11.3 Å². The van der Waals surface area contributed by atoms with Crippen LogP contribution in [-0.2, 0) is 16.0 Å². The Morgan fingerprint density at radius 1 is 1.17 bits per heavy atom. The molecule has 2 aliphatic heterocycles. The number of thiazole rings is 1. The SMILES string of the molecule is Cc1sc(NC(=O)CN2CCCCC2)nc1-c1ccc2c(c1)CCN2C(=O)C1CC1. The van der Waals surface area contributed by atoms with Crippen molar-refractivity contribution in [2.45, 2.75) is 45.4 Å². The van der Waals surface area contributed by atoms with Crippen LogP contribution < -0.4 is 10.2 Å². The van der Waals surface area contributed by atoms with E-state index >= 15 is 0 Å². The fourth-order valence-electron chi connectivity index (χ4n) is 4.53. The van der Waals surface area contributed by atoms with Crippen LogP contribution in [-0.4, -0.2) is 47.9 Å². The first-order valence-electron chi connectivity index (χ1n) is 11.0. The molecule has 5 rings (SSSR count). The van der Waals surface area contributed by atoms with Crippen LogP contribution in [0.15, 0.2) is 18.2 Å². The molecule has 0 atom stereocenters. The van der Waals surface area contributed by atoms with Crippen LogP contribution in [0.1, 0.15) is 42.5 Å². The Bertz CT molecular complexity index is 976. The molecule has 1 aromatic heterocycles. The summed E-state index contributed by atoms with van der Waals surface area (Å²) in [5.74, 6) is 0.540. The summed E-state index contributed by atoms with van der Waals surface area (Å²) in [5.41, 5.74) is 4.24. The standard InChI is InChI=1S/C23H28N4O2S/c1-15-21(25-23(30-15)24-20(28)14-26-10-3-2-4-11-26)18-7-8-19-17(13-18)9-12-27(19)22(29)16-5-6-16/h7-8,13,16H,2-6,9-12,14H2,1H3,(H,24,25,28). The molecular formula is C23H28N4O2S. The average molecular weight is 425 g/mol. The van der Waals surface area contributed by atoms with Crippen molar-refractivity contribution < 1.29 is 9.59 Å². The van der Waals surface area contributed by atoms with Crippen LogP contribution >= 0.6 is 11.3 Å². The van der Waals surface area contributed by atoms with E-state index in [-0.39, 0.29) is 17.7 Å². The number of piperidine rings is 1. The minimum Gasteiger partial charge on any atom is -0.312 e.